The van der Waals surface area contributed by atoms with Crippen LogP contribution < -0.4 is 11.1 Å². The first kappa shape index (κ1) is 8.93. The zero-order chi connectivity index (χ0) is 8.97. The summed E-state index contributed by atoms with van der Waals surface area (Å²) in [5, 5.41) is 3.19. The molecule has 0 aliphatic heterocycles. The van der Waals surface area contributed by atoms with Crippen molar-refractivity contribution in [1.29, 1.82) is 0 Å². The second-order valence-corrected chi connectivity index (χ2v) is 2.91. The van der Waals surface area contributed by atoms with E-state index in [-0.39, 0.29) is 0 Å². The normalized spacial score (nSPS) is 9.42. The molecule has 3 N–H and O–H groups in total. The van der Waals surface area contributed by atoms with Gasteiger partial charge in [0.15, 0.2) is 5.11 Å². The van der Waals surface area contributed by atoms with E-state index in [1.165, 1.54) is 0 Å². The van der Waals surface area contributed by atoms with Gasteiger partial charge in [0, 0.05) is 18.4 Å². The summed E-state index contributed by atoms with van der Waals surface area (Å²) in [7, 11) is 0. The van der Waals surface area contributed by atoms with Crippen LogP contribution in [0.1, 0.15) is 11.3 Å². The van der Waals surface area contributed by atoms with Crippen LogP contribution in [-0.4, -0.2) is 10.1 Å². The fraction of sp³-hybridized carbons (Fsp3) is 0.250. The van der Waals surface area contributed by atoms with E-state index >= 15 is 0 Å². The molecule has 1 heterocycles. The van der Waals surface area contributed by atoms with Gasteiger partial charge in [0.25, 0.3) is 0 Å². The van der Waals surface area contributed by atoms with Crippen molar-refractivity contribution < 1.29 is 0 Å². The molecule has 0 amide bonds. The molecule has 0 saturated heterocycles. The van der Waals surface area contributed by atoms with Gasteiger partial charge >= 0.3 is 0 Å². The Labute approximate surface area is 77.0 Å². The molecule has 4 heteroatoms. The number of aryl methyl sites for hydroxylation is 1. The number of nitrogens with one attached hydrogen (secondary N) is 1. The molecular weight excluding hydrogens is 170 g/mol. The molecule has 3 nitrogen and oxygen atoms in total. The first-order valence-corrected chi connectivity index (χ1v) is 4.05. The Morgan fingerprint density at radius 1 is 1.75 bits per heavy atom. The maximum atomic E-state index is 5.29. The summed E-state index contributed by atoms with van der Waals surface area (Å²) in [5.41, 5.74) is 7.41. The number of nitrogens with two attached hydrogens (primary N) is 1. The molecule has 1 aromatic rings. The van der Waals surface area contributed by atoms with E-state index in [4.69, 9.17) is 5.73 Å². The van der Waals surface area contributed by atoms with Gasteiger partial charge in [-0.05, 0) is 30.8 Å². The van der Waals surface area contributed by atoms with Gasteiger partial charge in [0.05, 0.1) is 0 Å². The lowest BCUT2D eigenvalue weighted by molar-refractivity contribution is 0.895. The highest BCUT2D eigenvalue weighted by Gasteiger charge is 1.96. The summed E-state index contributed by atoms with van der Waals surface area (Å²) < 4.78 is 0. The second kappa shape index (κ2) is 4.01. The van der Waals surface area contributed by atoms with Gasteiger partial charge in [0.2, 0.25) is 0 Å². The number of nitrogens with zero attached hydrogens (tertiary/aromatic N) is 1. The monoisotopic (exact) mass is 181 g/mol. The van der Waals surface area contributed by atoms with Crippen molar-refractivity contribution >= 4 is 17.3 Å². The largest absolute Gasteiger partial charge is 0.376 e. The third kappa shape index (κ3) is 2.47. The molecule has 0 saturated carbocycles. The van der Waals surface area contributed by atoms with Crippen LogP contribution in [0.2, 0.25) is 0 Å². The van der Waals surface area contributed by atoms with Crippen molar-refractivity contribution in [2.45, 2.75) is 13.5 Å². The van der Waals surface area contributed by atoms with Gasteiger partial charge in [0.1, 0.15) is 0 Å². The van der Waals surface area contributed by atoms with Crippen molar-refractivity contribution in [2.75, 3.05) is 0 Å². The Bertz CT molecular complexity index is 285. The fourth-order valence-electron chi connectivity index (χ4n) is 0.887. The van der Waals surface area contributed by atoms with Gasteiger partial charge in [-0.2, -0.15) is 0 Å². The van der Waals surface area contributed by atoms with Crippen molar-refractivity contribution in [3.63, 3.8) is 0 Å². The van der Waals surface area contributed by atoms with Crippen LogP contribution in [0.4, 0.5) is 0 Å². The Balaban J connectivity index is 2.63. The SMILES string of the molecule is Cc1ncccc1CNC(N)=S. The van der Waals surface area contributed by atoms with E-state index < -0.39 is 0 Å². The number of pyridine rings is 1. The predicted molar refractivity (Wildman–Crippen MR) is 52.6 cm³/mol. The molecular formula is C8H11N3S. The molecule has 0 atom stereocenters. The molecule has 1 aromatic heterocycles. The van der Waals surface area contributed by atoms with Gasteiger partial charge in [-0.3, -0.25) is 4.98 Å². The standard InChI is InChI=1S/C8H11N3S/c1-6-7(3-2-4-10-6)5-11-8(9)12/h2-4H,5H2,1H3,(H3,9,11,12). The summed E-state index contributed by atoms with van der Waals surface area (Å²) in [5.74, 6) is 0. The summed E-state index contributed by atoms with van der Waals surface area (Å²) in [4.78, 5) is 4.13. The van der Waals surface area contributed by atoms with Gasteiger partial charge in [-0.15, -0.1) is 0 Å². The average molecular weight is 181 g/mol. The van der Waals surface area contributed by atoms with E-state index in [9.17, 15) is 0 Å². The Morgan fingerprint density at radius 3 is 3.08 bits per heavy atom. The van der Waals surface area contributed by atoms with Crippen LogP contribution in [0.5, 0.6) is 0 Å². The number of hydrogen-bond acceptors (Lipinski definition) is 2. The van der Waals surface area contributed by atoms with Crippen LogP contribution in [0.25, 0.3) is 0 Å². The van der Waals surface area contributed by atoms with Gasteiger partial charge < -0.3 is 11.1 Å². The first-order valence-electron chi connectivity index (χ1n) is 3.64. The van der Waals surface area contributed by atoms with Gasteiger partial charge in [-0.1, -0.05) is 6.07 Å². The van der Waals surface area contributed by atoms with Crippen LogP contribution in [0, 0.1) is 6.92 Å². The quantitative estimate of drug-likeness (QED) is 0.660. The average Bonchev–Trinajstić information content (AvgIpc) is 2.03. The lowest BCUT2D eigenvalue weighted by Gasteiger charge is -2.05. The maximum Gasteiger partial charge on any atom is 0.163 e. The second-order valence-electron chi connectivity index (χ2n) is 2.47. The summed E-state index contributed by atoms with van der Waals surface area (Å²) in [6.45, 7) is 2.60. The number of aromatic nitrogens is 1. The van der Waals surface area contributed by atoms with Crippen LogP contribution >= 0.6 is 12.2 Å². The summed E-state index contributed by atoms with van der Waals surface area (Å²) in [6, 6.07) is 3.89. The van der Waals surface area contributed by atoms with Gasteiger partial charge in [-0.25, -0.2) is 0 Å². The molecule has 1 rings (SSSR count). The van der Waals surface area contributed by atoms with E-state index in [1.54, 1.807) is 6.20 Å². The summed E-state index contributed by atoms with van der Waals surface area (Å²) >= 11 is 4.68. The zero-order valence-electron chi connectivity index (χ0n) is 6.87. The van der Waals surface area contributed by atoms with Crippen molar-refractivity contribution in [3.05, 3.63) is 29.6 Å². The molecule has 0 bridgehead atoms. The van der Waals surface area contributed by atoms with E-state index in [1.807, 2.05) is 19.1 Å². The fourth-order valence-corrected chi connectivity index (χ4v) is 0.959. The molecule has 0 aliphatic rings. The van der Waals surface area contributed by atoms with Crippen molar-refractivity contribution in [2.24, 2.45) is 5.73 Å². The number of hydrogen-bond donors (Lipinski definition) is 2. The number of rotatable bonds is 2. The molecule has 0 unspecified atom stereocenters. The molecule has 0 aromatic carbocycles. The molecule has 0 radical (unpaired) electrons. The zero-order valence-corrected chi connectivity index (χ0v) is 7.69. The molecule has 64 valence electrons. The van der Waals surface area contributed by atoms with Crippen LogP contribution in [0.15, 0.2) is 18.3 Å². The Kier molecular flexibility index (Phi) is 2.99. The molecule has 0 fully saturated rings. The number of thiocarbonyl (C=S) groups is 1. The van der Waals surface area contributed by atoms with E-state index in [2.05, 4.69) is 22.5 Å². The molecule has 0 aliphatic carbocycles. The lowest BCUT2D eigenvalue weighted by atomic mass is 10.2. The Morgan fingerprint density at radius 2 is 2.50 bits per heavy atom. The van der Waals surface area contributed by atoms with Crippen LogP contribution in [-0.2, 0) is 6.54 Å². The summed E-state index contributed by atoms with van der Waals surface area (Å²) in [6.07, 6.45) is 1.76. The van der Waals surface area contributed by atoms with Crippen LogP contribution in [0.3, 0.4) is 0 Å². The lowest BCUT2D eigenvalue weighted by Crippen LogP contribution is -2.28. The Hall–Kier alpha value is -1.16. The van der Waals surface area contributed by atoms with Crippen molar-refractivity contribution in [3.8, 4) is 0 Å². The highest BCUT2D eigenvalue weighted by molar-refractivity contribution is 7.80. The minimum atomic E-state index is 0.318. The third-order valence-electron chi connectivity index (χ3n) is 1.57. The minimum Gasteiger partial charge on any atom is -0.376 e. The predicted octanol–water partition coefficient (Wildman–Crippen LogP) is 0.723. The van der Waals surface area contributed by atoms with Crippen molar-refractivity contribution in [1.82, 2.24) is 10.3 Å². The molecule has 0 spiro atoms. The maximum absolute atomic E-state index is 5.29. The minimum absolute atomic E-state index is 0.318. The molecule has 12 heavy (non-hydrogen) atoms. The first-order chi connectivity index (χ1) is 5.70. The topological polar surface area (TPSA) is 50.9 Å². The highest BCUT2D eigenvalue weighted by atomic mass is 32.1. The van der Waals surface area contributed by atoms with E-state index in [0.29, 0.717) is 11.7 Å². The third-order valence-corrected chi connectivity index (χ3v) is 1.71. The van der Waals surface area contributed by atoms with E-state index in [0.717, 1.165) is 11.3 Å². The highest BCUT2D eigenvalue weighted by Crippen LogP contribution is 2.01. The smallest absolute Gasteiger partial charge is 0.163 e.